The number of pyridine rings is 1. The summed E-state index contributed by atoms with van der Waals surface area (Å²) in [6.45, 7) is 5.42. The van der Waals surface area contributed by atoms with Gasteiger partial charge in [-0.3, -0.25) is 0 Å². The second kappa shape index (κ2) is 5.22. The second-order valence-corrected chi connectivity index (χ2v) is 4.38. The Hall–Kier alpha value is -0.570. The molecule has 1 aromatic rings. The van der Waals surface area contributed by atoms with E-state index in [1.54, 1.807) is 6.20 Å². The first-order chi connectivity index (χ1) is 6.18. The number of hydrogen-bond acceptors (Lipinski definition) is 2. The van der Waals surface area contributed by atoms with Gasteiger partial charge in [0.15, 0.2) is 0 Å². The van der Waals surface area contributed by atoms with E-state index >= 15 is 0 Å². The van der Waals surface area contributed by atoms with Crippen LogP contribution in [0.2, 0.25) is 0 Å². The summed E-state index contributed by atoms with van der Waals surface area (Å²) in [6, 6.07) is 3.91. The predicted octanol–water partition coefficient (Wildman–Crippen LogP) is 3.30. The van der Waals surface area contributed by atoms with Crippen LogP contribution < -0.4 is 5.32 Å². The van der Waals surface area contributed by atoms with Gasteiger partial charge in [-0.25, -0.2) is 4.98 Å². The van der Waals surface area contributed by atoms with Crippen molar-refractivity contribution >= 4 is 21.7 Å². The molecular weight excluding hydrogens is 228 g/mol. The van der Waals surface area contributed by atoms with Crippen LogP contribution in [-0.2, 0) is 0 Å². The Kier molecular flexibility index (Phi) is 4.22. The SMILES string of the molecule is CC(C)CCNc1cc(Br)ccn1. The Morgan fingerprint density at radius 1 is 1.54 bits per heavy atom. The first-order valence-corrected chi connectivity index (χ1v) is 5.33. The lowest BCUT2D eigenvalue weighted by molar-refractivity contribution is 0.606. The van der Waals surface area contributed by atoms with E-state index in [0.717, 1.165) is 22.8 Å². The van der Waals surface area contributed by atoms with Gasteiger partial charge in [0.05, 0.1) is 0 Å². The molecule has 0 aromatic carbocycles. The van der Waals surface area contributed by atoms with E-state index in [-0.39, 0.29) is 0 Å². The monoisotopic (exact) mass is 242 g/mol. The average molecular weight is 243 g/mol. The lowest BCUT2D eigenvalue weighted by Gasteiger charge is -2.07. The maximum Gasteiger partial charge on any atom is 0.127 e. The highest BCUT2D eigenvalue weighted by Crippen LogP contribution is 2.12. The van der Waals surface area contributed by atoms with Crippen molar-refractivity contribution in [1.82, 2.24) is 4.98 Å². The fraction of sp³-hybridized carbons (Fsp3) is 0.500. The van der Waals surface area contributed by atoms with Crippen LogP contribution in [-0.4, -0.2) is 11.5 Å². The van der Waals surface area contributed by atoms with Gasteiger partial charge < -0.3 is 5.32 Å². The van der Waals surface area contributed by atoms with Gasteiger partial charge in [0.2, 0.25) is 0 Å². The Bertz CT molecular complexity index is 261. The zero-order valence-electron chi connectivity index (χ0n) is 8.05. The van der Waals surface area contributed by atoms with Gasteiger partial charge in [0, 0.05) is 17.2 Å². The first kappa shape index (κ1) is 10.5. The standard InChI is InChI=1S/C10H15BrN2/c1-8(2)3-5-12-10-7-9(11)4-6-13-10/h4,6-8H,3,5H2,1-2H3,(H,12,13). The third-order valence-corrected chi connectivity index (χ3v) is 2.24. The molecule has 0 fully saturated rings. The fourth-order valence-corrected chi connectivity index (χ4v) is 1.33. The van der Waals surface area contributed by atoms with Gasteiger partial charge in [-0.2, -0.15) is 0 Å². The van der Waals surface area contributed by atoms with E-state index < -0.39 is 0 Å². The summed E-state index contributed by atoms with van der Waals surface area (Å²) in [4.78, 5) is 4.20. The summed E-state index contributed by atoms with van der Waals surface area (Å²) < 4.78 is 1.06. The molecule has 1 rings (SSSR count). The zero-order chi connectivity index (χ0) is 9.68. The van der Waals surface area contributed by atoms with E-state index in [9.17, 15) is 0 Å². The maximum absolute atomic E-state index is 4.20. The van der Waals surface area contributed by atoms with E-state index in [2.05, 4.69) is 40.1 Å². The Balaban J connectivity index is 2.37. The minimum Gasteiger partial charge on any atom is -0.370 e. The Morgan fingerprint density at radius 2 is 2.31 bits per heavy atom. The van der Waals surface area contributed by atoms with Crippen molar-refractivity contribution in [2.45, 2.75) is 20.3 Å². The molecule has 13 heavy (non-hydrogen) atoms. The van der Waals surface area contributed by atoms with Crippen LogP contribution >= 0.6 is 15.9 Å². The number of nitrogens with zero attached hydrogens (tertiary/aromatic N) is 1. The molecule has 0 spiro atoms. The van der Waals surface area contributed by atoms with E-state index in [1.165, 1.54) is 6.42 Å². The van der Waals surface area contributed by atoms with Gasteiger partial charge in [0.1, 0.15) is 5.82 Å². The summed E-state index contributed by atoms with van der Waals surface area (Å²) >= 11 is 3.40. The molecule has 0 bridgehead atoms. The molecule has 2 nitrogen and oxygen atoms in total. The Morgan fingerprint density at radius 3 is 2.92 bits per heavy atom. The molecule has 0 radical (unpaired) electrons. The highest BCUT2D eigenvalue weighted by Gasteiger charge is 1.95. The summed E-state index contributed by atoms with van der Waals surface area (Å²) in [5.74, 6) is 1.68. The van der Waals surface area contributed by atoms with Gasteiger partial charge in [0.25, 0.3) is 0 Å². The first-order valence-electron chi connectivity index (χ1n) is 4.54. The number of nitrogens with one attached hydrogen (secondary N) is 1. The van der Waals surface area contributed by atoms with Crippen LogP contribution in [0.1, 0.15) is 20.3 Å². The summed E-state index contributed by atoms with van der Waals surface area (Å²) in [7, 11) is 0. The van der Waals surface area contributed by atoms with Crippen molar-refractivity contribution in [1.29, 1.82) is 0 Å². The van der Waals surface area contributed by atoms with Gasteiger partial charge in [-0.15, -0.1) is 0 Å². The van der Waals surface area contributed by atoms with Crippen LogP contribution in [0, 0.1) is 5.92 Å². The normalized spacial score (nSPS) is 10.5. The van der Waals surface area contributed by atoms with Crippen LogP contribution in [0.5, 0.6) is 0 Å². The second-order valence-electron chi connectivity index (χ2n) is 3.47. The zero-order valence-corrected chi connectivity index (χ0v) is 9.63. The molecule has 0 aliphatic carbocycles. The van der Waals surface area contributed by atoms with E-state index in [0.29, 0.717) is 0 Å². The molecule has 72 valence electrons. The molecule has 0 saturated carbocycles. The Labute approximate surface area is 87.9 Å². The molecule has 0 aliphatic rings. The molecule has 0 atom stereocenters. The van der Waals surface area contributed by atoms with E-state index in [1.807, 2.05) is 12.1 Å². The third kappa shape index (κ3) is 4.27. The minimum absolute atomic E-state index is 0.736. The summed E-state index contributed by atoms with van der Waals surface area (Å²) in [5, 5.41) is 3.28. The third-order valence-electron chi connectivity index (χ3n) is 1.75. The highest BCUT2D eigenvalue weighted by molar-refractivity contribution is 9.10. The summed E-state index contributed by atoms with van der Waals surface area (Å²) in [6.07, 6.45) is 2.97. The highest BCUT2D eigenvalue weighted by atomic mass is 79.9. The number of hydrogen-bond donors (Lipinski definition) is 1. The van der Waals surface area contributed by atoms with Gasteiger partial charge >= 0.3 is 0 Å². The van der Waals surface area contributed by atoms with Crippen LogP contribution in [0.4, 0.5) is 5.82 Å². The van der Waals surface area contributed by atoms with Crippen molar-refractivity contribution in [2.75, 3.05) is 11.9 Å². The molecular formula is C10H15BrN2. The van der Waals surface area contributed by atoms with Crippen molar-refractivity contribution in [3.05, 3.63) is 22.8 Å². The van der Waals surface area contributed by atoms with Crippen molar-refractivity contribution < 1.29 is 0 Å². The minimum atomic E-state index is 0.736. The topological polar surface area (TPSA) is 24.9 Å². The largest absolute Gasteiger partial charge is 0.370 e. The number of aromatic nitrogens is 1. The van der Waals surface area contributed by atoms with Crippen molar-refractivity contribution in [3.8, 4) is 0 Å². The van der Waals surface area contributed by atoms with Crippen molar-refractivity contribution in [2.24, 2.45) is 5.92 Å². The molecule has 0 saturated heterocycles. The molecule has 1 N–H and O–H groups in total. The van der Waals surface area contributed by atoms with Crippen molar-refractivity contribution in [3.63, 3.8) is 0 Å². The van der Waals surface area contributed by atoms with E-state index in [4.69, 9.17) is 0 Å². The predicted molar refractivity (Wildman–Crippen MR) is 59.9 cm³/mol. The number of halogens is 1. The number of rotatable bonds is 4. The van der Waals surface area contributed by atoms with Crippen LogP contribution in [0.25, 0.3) is 0 Å². The molecule has 1 aromatic heterocycles. The lowest BCUT2D eigenvalue weighted by Crippen LogP contribution is -2.05. The maximum atomic E-state index is 4.20. The van der Waals surface area contributed by atoms with Gasteiger partial charge in [-0.05, 0) is 24.5 Å². The molecule has 0 unspecified atom stereocenters. The van der Waals surface area contributed by atoms with Gasteiger partial charge in [-0.1, -0.05) is 29.8 Å². The average Bonchev–Trinajstić information content (AvgIpc) is 2.03. The molecule has 1 heterocycles. The molecule has 3 heteroatoms. The van der Waals surface area contributed by atoms with Crippen LogP contribution in [0.3, 0.4) is 0 Å². The quantitative estimate of drug-likeness (QED) is 0.877. The summed E-state index contributed by atoms with van der Waals surface area (Å²) in [5.41, 5.74) is 0. The molecule has 0 amide bonds. The van der Waals surface area contributed by atoms with Crippen LogP contribution in [0.15, 0.2) is 22.8 Å². The number of anilines is 1. The smallest absolute Gasteiger partial charge is 0.127 e. The lowest BCUT2D eigenvalue weighted by atomic mass is 10.1. The molecule has 0 aliphatic heterocycles. The fourth-order valence-electron chi connectivity index (χ4n) is 0.990.